The van der Waals surface area contributed by atoms with Crippen LogP contribution in [-0.2, 0) is 0 Å². The highest BCUT2D eigenvalue weighted by Gasteiger charge is 2.34. The minimum atomic E-state index is -0.266. The number of aromatic nitrogens is 3. The molecule has 29 heavy (non-hydrogen) atoms. The Hall–Kier alpha value is -3.35. The zero-order valence-electron chi connectivity index (χ0n) is 16.8. The summed E-state index contributed by atoms with van der Waals surface area (Å²) in [6.45, 7) is 1.92. The van der Waals surface area contributed by atoms with Crippen LogP contribution in [0.5, 0.6) is 11.5 Å². The van der Waals surface area contributed by atoms with Crippen LogP contribution in [0.25, 0.3) is 5.69 Å². The predicted molar refractivity (Wildman–Crippen MR) is 109 cm³/mol. The number of nitrogens with zero attached hydrogens (tertiary/aromatic N) is 3. The third-order valence-electron chi connectivity index (χ3n) is 5.14. The fraction of sp³-hybridized carbons (Fsp3) is 0.318. The van der Waals surface area contributed by atoms with Gasteiger partial charge in [0.15, 0.2) is 5.69 Å². The van der Waals surface area contributed by atoms with Crippen LogP contribution in [-0.4, -0.2) is 35.1 Å². The van der Waals surface area contributed by atoms with E-state index in [2.05, 4.69) is 15.6 Å². The lowest BCUT2D eigenvalue weighted by atomic mass is 10.1. The number of amides is 1. The van der Waals surface area contributed by atoms with Gasteiger partial charge in [0.25, 0.3) is 5.91 Å². The Balaban J connectivity index is 1.60. The van der Waals surface area contributed by atoms with E-state index < -0.39 is 0 Å². The minimum Gasteiger partial charge on any atom is -0.497 e. The standard InChI is InChI=1S/C22H24N4O3/c1-14(18-12-11-17(28-2)13-19(18)29-3)23-22(27)20-21(15-9-10-15)26(25-24-20)16-7-5-4-6-8-16/h4-8,11-15H,9-10H2,1-3H3,(H,23,27). The lowest BCUT2D eigenvalue weighted by molar-refractivity contribution is 0.0933. The van der Waals surface area contributed by atoms with Crippen LogP contribution in [0.2, 0.25) is 0 Å². The molecule has 0 bridgehead atoms. The van der Waals surface area contributed by atoms with Gasteiger partial charge in [-0.2, -0.15) is 0 Å². The molecule has 150 valence electrons. The molecule has 1 heterocycles. The van der Waals surface area contributed by atoms with Crippen molar-refractivity contribution in [2.75, 3.05) is 14.2 Å². The van der Waals surface area contributed by atoms with Gasteiger partial charge in [-0.15, -0.1) is 5.10 Å². The number of carbonyl (C=O) groups is 1. The molecule has 0 radical (unpaired) electrons. The largest absolute Gasteiger partial charge is 0.497 e. The molecule has 0 aliphatic heterocycles. The van der Waals surface area contributed by atoms with Crippen molar-refractivity contribution in [2.24, 2.45) is 0 Å². The topological polar surface area (TPSA) is 78.3 Å². The number of benzene rings is 2. The maximum Gasteiger partial charge on any atom is 0.274 e. The van der Waals surface area contributed by atoms with Gasteiger partial charge in [-0.25, -0.2) is 4.68 Å². The molecule has 0 saturated heterocycles. The predicted octanol–water partition coefficient (Wildman–Crippen LogP) is 3.65. The molecule has 1 unspecified atom stereocenters. The number of hydrogen-bond acceptors (Lipinski definition) is 5. The summed E-state index contributed by atoms with van der Waals surface area (Å²) in [6.07, 6.45) is 2.09. The van der Waals surface area contributed by atoms with Gasteiger partial charge in [0, 0.05) is 17.5 Å². The van der Waals surface area contributed by atoms with E-state index in [1.165, 1.54) is 0 Å². The highest BCUT2D eigenvalue weighted by molar-refractivity contribution is 5.94. The summed E-state index contributed by atoms with van der Waals surface area (Å²) in [6, 6.07) is 15.1. The molecule has 7 nitrogen and oxygen atoms in total. The summed E-state index contributed by atoms with van der Waals surface area (Å²) in [7, 11) is 3.21. The Morgan fingerprint density at radius 1 is 1.14 bits per heavy atom. The zero-order valence-corrected chi connectivity index (χ0v) is 16.8. The normalized spacial score (nSPS) is 14.3. The molecule has 0 spiro atoms. The SMILES string of the molecule is COc1ccc(C(C)NC(=O)c2nnn(-c3ccccc3)c2C2CC2)c(OC)c1. The molecule has 3 aromatic rings. The van der Waals surface area contributed by atoms with Crippen LogP contribution in [0.1, 0.15) is 53.5 Å². The van der Waals surface area contributed by atoms with Crippen molar-refractivity contribution >= 4 is 5.91 Å². The van der Waals surface area contributed by atoms with Crippen LogP contribution in [0, 0.1) is 0 Å². The van der Waals surface area contributed by atoms with E-state index in [1.807, 2.05) is 49.4 Å². The van der Waals surface area contributed by atoms with Gasteiger partial charge in [0.1, 0.15) is 11.5 Å². The van der Waals surface area contributed by atoms with E-state index in [0.29, 0.717) is 23.1 Å². The zero-order chi connectivity index (χ0) is 20.4. The smallest absolute Gasteiger partial charge is 0.274 e. The molecule has 4 rings (SSSR count). The van der Waals surface area contributed by atoms with Crippen molar-refractivity contribution in [3.63, 3.8) is 0 Å². The van der Waals surface area contributed by atoms with E-state index in [-0.39, 0.29) is 11.9 Å². The fourth-order valence-electron chi connectivity index (χ4n) is 3.45. The van der Waals surface area contributed by atoms with Gasteiger partial charge in [-0.3, -0.25) is 4.79 Å². The number of ether oxygens (including phenoxy) is 2. The van der Waals surface area contributed by atoms with E-state index >= 15 is 0 Å². The minimum absolute atomic E-state index is 0.237. The number of rotatable bonds is 7. The van der Waals surface area contributed by atoms with Crippen LogP contribution in [0.3, 0.4) is 0 Å². The Morgan fingerprint density at radius 2 is 1.90 bits per heavy atom. The van der Waals surface area contributed by atoms with Crippen molar-refractivity contribution in [1.82, 2.24) is 20.3 Å². The lowest BCUT2D eigenvalue weighted by Crippen LogP contribution is -2.28. The number of para-hydroxylation sites is 1. The summed E-state index contributed by atoms with van der Waals surface area (Å²) >= 11 is 0. The van der Waals surface area contributed by atoms with E-state index in [9.17, 15) is 4.79 Å². The van der Waals surface area contributed by atoms with Crippen LogP contribution >= 0.6 is 0 Å². The molecule has 1 aliphatic carbocycles. The third-order valence-corrected chi connectivity index (χ3v) is 5.14. The summed E-state index contributed by atoms with van der Waals surface area (Å²) in [5.74, 6) is 1.44. The second-order valence-corrected chi connectivity index (χ2v) is 7.15. The third kappa shape index (κ3) is 3.81. The molecule has 1 N–H and O–H groups in total. The summed E-state index contributed by atoms with van der Waals surface area (Å²) in [5, 5.41) is 11.5. The van der Waals surface area contributed by atoms with Crippen LogP contribution in [0.15, 0.2) is 48.5 Å². The van der Waals surface area contributed by atoms with Gasteiger partial charge in [0.05, 0.1) is 31.6 Å². The maximum absolute atomic E-state index is 13.1. The average Bonchev–Trinajstić information content (AvgIpc) is 3.51. The summed E-state index contributed by atoms with van der Waals surface area (Å²) in [5.41, 5.74) is 3.04. The second kappa shape index (κ2) is 7.95. The first kappa shape index (κ1) is 19.0. The highest BCUT2D eigenvalue weighted by Crippen LogP contribution is 2.42. The lowest BCUT2D eigenvalue weighted by Gasteiger charge is -2.18. The monoisotopic (exact) mass is 392 g/mol. The quantitative estimate of drug-likeness (QED) is 0.664. The molecule has 1 amide bonds. The molecule has 1 aromatic heterocycles. The number of carbonyl (C=O) groups excluding carboxylic acids is 1. The molecule has 7 heteroatoms. The summed E-state index contributed by atoms with van der Waals surface area (Å²) in [4.78, 5) is 13.1. The molecule has 1 atom stereocenters. The van der Waals surface area contributed by atoms with Gasteiger partial charge in [-0.1, -0.05) is 23.4 Å². The number of methoxy groups -OCH3 is 2. The Labute approximate surface area is 169 Å². The molecule has 2 aromatic carbocycles. The summed E-state index contributed by atoms with van der Waals surface area (Å²) < 4.78 is 12.5. The van der Waals surface area contributed by atoms with Crippen molar-refractivity contribution in [3.8, 4) is 17.2 Å². The number of nitrogens with one attached hydrogen (secondary N) is 1. The number of hydrogen-bond donors (Lipinski definition) is 1. The van der Waals surface area contributed by atoms with Crippen molar-refractivity contribution in [2.45, 2.75) is 31.7 Å². The molecular weight excluding hydrogens is 368 g/mol. The van der Waals surface area contributed by atoms with E-state index in [4.69, 9.17) is 9.47 Å². The van der Waals surface area contributed by atoms with Crippen molar-refractivity contribution < 1.29 is 14.3 Å². The van der Waals surface area contributed by atoms with Crippen molar-refractivity contribution in [1.29, 1.82) is 0 Å². The first-order valence-corrected chi connectivity index (χ1v) is 9.66. The Bertz CT molecular complexity index is 1010. The fourth-order valence-corrected chi connectivity index (χ4v) is 3.45. The van der Waals surface area contributed by atoms with Crippen LogP contribution < -0.4 is 14.8 Å². The second-order valence-electron chi connectivity index (χ2n) is 7.15. The van der Waals surface area contributed by atoms with E-state index in [0.717, 1.165) is 29.8 Å². The van der Waals surface area contributed by atoms with Crippen molar-refractivity contribution in [3.05, 3.63) is 65.5 Å². The van der Waals surface area contributed by atoms with Gasteiger partial charge >= 0.3 is 0 Å². The van der Waals surface area contributed by atoms with Crippen LogP contribution in [0.4, 0.5) is 0 Å². The molecule has 1 fully saturated rings. The Kier molecular flexibility index (Phi) is 5.20. The molecule has 1 aliphatic rings. The van der Waals surface area contributed by atoms with Gasteiger partial charge < -0.3 is 14.8 Å². The van der Waals surface area contributed by atoms with Gasteiger partial charge in [-0.05, 0) is 44.0 Å². The van der Waals surface area contributed by atoms with E-state index in [1.54, 1.807) is 25.0 Å². The average molecular weight is 392 g/mol. The highest BCUT2D eigenvalue weighted by atomic mass is 16.5. The first-order valence-electron chi connectivity index (χ1n) is 9.66. The first-order chi connectivity index (χ1) is 14.1. The van der Waals surface area contributed by atoms with Gasteiger partial charge in [0.2, 0.25) is 0 Å². The molecular formula is C22H24N4O3. The molecule has 1 saturated carbocycles. The Morgan fingerprint density at radius 3 is 2.55 bits per heavy atom. The maximum atomic E-state index is 13.1.